The summed E-state index contributed by atoms with van der Waals surface area (Å²) in [5.74, 6) is -0.0232. The van der Waals surface area contributed by atoms with Crippen LogP contribution in [0.5, 0.6) is 0 Å². The Morgan fingerprint density at radius 1 is 1.33 bits per heavy atom. The number of hydrogen-bond donors (Lipinski definition) is 3. The van der Waals surface area contributed by atoms with Crippen molar-refractivity contribution in [2.75, 3.05) is 19.6 Å². The van der Waals surface area contributed by atoms with Crippen molar-refractivity contribution in [2.45, 2.75) is 45.1 Å². The lowest BCUT2D eigenvalue weighted by atomic mass is 9.81. The molecule has 18 heavy (non-hydrogen) atoms. The Balaban J connectivity index is 1.94. The topological polar surface area (TPSA) is 70.2 Å². The Labute approximate surface area is 108 Å². The molecule has 2 heterocycles. The van der Waals surface area contributed by atoms with Gasteiger partial charge in [-0.05, 0) is 45.6 Å². The molecule has 0 aromatic rings. The lowest BCUT2D eigenvalue weighted by Gasteiger charge is -2.33. The van der Waals surface area contributed by atoms with Crippen molar-refractivity contribution in [3.8, 4) is 0 Å². The van der Waals surface area contributed by atoms with E-state index in [1.54, 1.807) is 0 Å². The molecule has 102 valence electrons. The number of nitrogens with one attached hydrogen (secondary N) is 3. The first-order chi connectivity index (χ1) is 8.62. The van der Waals surface area contributed by atoms with Crippen LogP contribution in [0.4, 0.5) is 0 Å². The van der Waals surface area contributed by atoms with Gasteiger partial charge in [-0.2, -0.15) is 0 Å². The first kappa shape index (κ1) is 13.3. The monoisotopic (exact) mass is 253 g/mol. The number of hydrogen-bond acceptors (Lipinski definition) is 3. The third kappa shape index (κ3) is 3.02. The van der Waals surface area contributed by atoms with Gasteiger partial charge in [-0.1, -0.05) is 0 Å². The summed E-state index contributed by atoms with van der Waals surface area (Å²) in [5.41, 5.74) is -0.370. The van der Waals surface area contributed by atoms with Crippen LogP contribution in [0.3, 0.4) is 0 Å². The van der Waals surface area contributed by atoms with E-state index in [1.807, 2.05) is 6.92 Å². The summed E-state index contributed by atoms with van der Waals surface area (Å²) in [6.07, 6.45) is 4.64. The van der Waals surface area contributed by atoms with E-state index < -0.39 is 0 Å². The van der Waals surface area contributed by atoms with Crippen LogP contribution in [-0.4, -0.2) is 37.5 Å². The smallest absolute Gasteiger partial charge is 0.242 e. The van der Waals surface area contributed by atoms with Gasteiger partial charge in [0, 0.05) is 13.1 Å². The van der Waals surface area contributed by atoms with Crippen LogP contribution in [0.1, 0.15) is 39.0 Å². The van der Waals surface area contributed by atoms with E-state index in [1.165, 1.54) is 0 Å². The van der Waals surface area contributed by atoms with Gasteiger partial charge in [-0.25, -0.2) is 0 Å². The van der Waals surface area contributed by atoms with E-state index in [0.29, 0.717) is 6.54 Å². The normalized spacial score (nSPS) is 33.4. The highest BCUT2D eigenvalue weighted by molar-refractivity contribution is 5.90. The van der Waals surface area contributed by atoms with Gasteiger partial charge >= 0.3 is 0 Å². The SMILES string of the molecule is CC1(C(=O)NC2CCCCNC2=O)CCCNC1. The van der Waals surface area contributed by atoms with Crippen LogP contribution < -0.4 is 16.0 Å². The average molecular weight is 253 g/mol. The van der Waals surface area contributed by atoms with E-state index in [-0.39, 0.29) is 23.3 Å². The maximum Gasteiger partial charge on any atom is 0.242 e. The molecule has 0 aromatic carbocycles. The van der Waals surface area contributed by atoms with Crippen LogP contribution in [0.15, 0.2) is 0 Å². The molecule has 3 N–H and O–H groups in total. The van der Waals surface area contributed by atoms with E-state index in [2.05, 4.69) is 16.0 Å². The summed E-state index contributed by atoms with van der Waals surface area (Å²) in [6, 6.07) is -0.348. The number of carbonyl (C=O) groups is 2. The maximum absolute atomic E-state index is 12.3. The Morgan fingerprint density at radius 3 is 2.89 bits per heavy atom. The third-order valence-electron chi connectivity index (χ3n) is 3.99. The third-order valence-corrected chi connectivity index (χ3v) is 3.99. The Bertz CT molecular complexity index is 324. The molecule has 0 aromatic heterocycles. The summed E-state index contributed by atoms with van der Waals surface area (Å²) in [5, 5.41) is 9.03. The largest absolute Gasteiger partial charge is 0.354 e. The fraction of sp³-hybridized carbons (Fsp3) is 0.846. The van der Waals surface area contributed by atoms with Crippen molar-refractivity contribution in [1.82, 2.24) is 16.0 Å². The highest BCUT2D eigenvalue weighted by atomic mass is 16.2. The van der Waals surface area contributed by atoms with Crippen LogP contribution >= 0.6 is 0 Å². The standard InChI is InChI=1S/C13H23N3O2/c1-13(6-4-7-14-9-13)12(18)16-10-5-2-3-8-15-11(10)17/h10,14H,2-9H2,1H3,(H,15,17)(H,16,18). The quantitative estimate of drug-likeness (QED) is 0.656. The maximum atomic E-state index is 12.3. The van der Waals surface area contributed by atoms with Gasteiger partial charge in [0.05, 0.1) is 5.41 Å². The average Bonchev–Trinajstić information content (AvgIpc) is 2.56. The molecule has 5 heteroatoms. The predicted octanol–water partition coefficient (Wildman–Crippen LogP) is 0.161. The molecule has 0 spiro atoms. The van der Waals surface area contributed by atoms with Crippen molar-refractivity contribution in [3.63, 3.8) is 0 Å². The Kier molecular flexibility index (Phi) is 4.22. The van der Waals surface area contributed by atoms with Gasteiger partial charge in [0.25, 0.3) is 0 Å². The van der Waals surface area contributed by atoms with E-state index in [9.17, 15) is 9.59 Å². The number of carbonyl (C=O) groups excluding carboxylic acids is 2. The second-order valence-electron chi connectivity index (χ2n) is 5.65. The molecule has 2 unspecified atom stereocenters. The summed E-state index contributed by atoms with van der Waals surface area (Å²) >= 11 is 0. The lowest BCUT2D eigenvalue weighted by Crippen LogP contribution is -2.54. The molecule has 0 saturated carbocycles. The first-order valence-electron chi connectivity index (χ1n) is 6.91. The van der Waals surface area contributed by atoms with Crippen LogP contribution in [0, 0.1) is 5.41 Å². The zero-order valence-corrected chi connectivity index (χ0v) is 11.1. The minimum absolute atomic E-state index is 0.0109. The summed E-state index contributed by atoms with van der Waals surface area (Å²) < 4.78 is 0. The molecule has 2 amide bonds. The first-order valence-corrected chi connectivity index (χ1v) is 6.91. The molecule has 0 aliphatic carbocycles. The van der Waals surface area contributed by atoms with E-state index in [0.717, 1.165) is 45.2 Å². The van der Waals surface area contributed by atoms with Gasteiger partial charge in [0.2, 0.25) is 11.8 Å². The van der Waals surface area contributed by atoms with Gasteiger partial charge in [0.15, 0.2) is 0 Å². The van der Waals surface area contributed by atoms with Crippen LogP contribution in [0.2, 0.25) is 0 Å². The molecule has 2 aliphatic rings. The summed E-state index contributed by atoms with van der Waals surface area (Å²) in [6.45, 7) is 4.38. The number of piperidine rings is 1. The van der Waals surface area contributed by atoms with Crippen molar-refractivity contribution >= 4 is 11.8 Å². The molecular formula is C13H23N3O2. The second kappa shape index (κ2) is 5.69. The molecule has 2 aliphatic heterocycles. The van der Waals surface area contributed by atoms with Gasteiger partial charge in [-0.3, -0.25) is 9.59 Å². The molecular weight excluding hydrogens is 230 g/mol. The molecule has 2 rings (SSSR count). The highest BCUT2D eigenvalue weighted by Gasteiger charge is 2.36. The van der Waals surface area contributed by atoms with Crippen molar-refractivity contribution in [3.05, 3.63) is 0 Å². The molecule has 5 nitrogen and oxygen atoms in total. The van der Waals surface area contributed by atoms with Gasteiger partial charge < -0.3 is 16.0 Å². The number of rotatable bonds is 2. The predicted molar refractivity (Wildman–Crippen MR) is 69.0 cm³/mol. The second-order valence-corrected chi connectivity index (χ2v) is 5.65. The lowest BCUT2D eigenvalue weighted by molar-refractivity contribution is -0.135. The van der Waals surface area contributed by atoms with Crippen molar-refractivity contribution < 1.29 is 9.59 Å². The Morgan fingerprint density at radius 2 is 2.17 bits per heavy atom. The number of amides is 2. The molecule has 0 bridgehead atoms. The molecule has 2 fully saturated rings. The minimum Gasteiger partial charge on any atom is -0.354 e. The minimum atomic E-state index is -0.370. The van der Waals surface area contributed by atoms with Crippen molar-refractivity contribution in [2.24, 2.45) is 5.41 Å². The molecule has 2 atom stereocenters. The van der Waals surface area contributed by atoms with Crippen molar-refractivity contribution in [1.29, 1.82) is 0 Å². The fourth-order valence-corrected chi connectivity index (χ4v) is 2.66. The molecule has 2 saturated heterocycles. The summed E-state index contributed by atoms with van der Waals surface area (Å²) in [4.78, 5) is 24.1. The zero-order valence-electron chi connectivity index (χ0n) is 11.1. The van der Waals surface area contributed by atoms with Gasteiger partial charge in [-0.15, -0.1) is 0 Å². The van der Waals surface area contributed by atoms with Crippen LogP contribution in [0.25, 0.3) is 0 Å². The van der Waals surface area contributed by atoms with Gasteiger partial charge in [0.1, 0.15) is 6.04 Å². The van der Waals surface area contributed by atoms with Crippen LogP contribution in [-0.2, 0) is 9.59 Å². The highest BCUT2D eigenvalue weighted by Crippen LogP contribution is 2.25. The zero-order chi connectivity index (χ0) is 13.0. The van der Waals surface area contributed by atoms with E-state index in [4.69, 9.17) is 0 Å². The summed E-state index contributed by atoms with van der Waals surface area (Å²) in [7, 11) is 0. The van der Waals surface area contributed by atoms with E-state index >= 15 is 0 Å². The Hall–Kier alpha value is -1.10. The fourth-order valence-electron chi connectivity index (χ4n) is 2.66. The molecule has 0 radical (unpaired) electrons.